The number of hydrogen-bond donors (Lipinski definition) is 2. The molecule has 6 heteroatoms. The average Bonchev–Trinajstić information content (AvgIpc) is 2.91. The number of ether oxygens (including phenoxy) is 1. The van der Waals surface area contributed by atoms with Gasteiger partial charge in [-0.15, -0.1) is 0 Å². The van der Waals surface area contributed by atoms with Crippen LogP contribution < -0.4 is 14.8 Å². The van der Waals surface area contributed by atoms with E-state index in [0.717, 1.165) is 25.9 Å². The number of hydrogen-bond acceptors (Lipinski definition) is 4. The van der Waals surface area contributed by atoms with Crippen molar-refractivity contribution in [3.05, 3.63) is 24.3 Å². The minimum absolute atomic E-state index is 0.196. The van der Waals surface area contributed by atoms with E-state index in [9.17, 15) is 8.42 Å². The van der Waals surface area contributed by atoms with E-state index in [0.29, 0.717) is 18.2 Å². The van der Waals surface area contributed by atoms with Crippen molar-refractivity contribution < 1.29 is 13.2 Å². The van der Waals surface area contributed by atoms with Crippen LogP contribution in [0.1, 0.15) is 12.8 Å². The van der Waals surface area contributed by atoms with Crippen LogP contribution in [0.3, 0.4) is 0 Å². The van der Waals surface area contributed by atoms with E-state index in [1.54, 1.807) is 24.3 Å². The first-order chi connectivity index (χ1) is 9.13. The Labute approximate surface area is 114 Å². The molecule has 1 aliphatic rings. The third kappa shape index (κ3) is 3.68. The molecule has 0 saturated carbocycles. The molecule has 1 heterocycles. The smallest absolute Gasteiger partial charge is 0.244 e. The molecule has 1 aromatic rings. The van der Waals surface area contributed by atoms with E-state index in [1.165, 1.54) is 7.11 Å². The largest absolute Gasteiger partial charge is 0.495 e. The van der Waals surface area contributed by atoms with Crippen molar-refractivity contribution in [3.8, 4) is 5.75 Å². The minimum Gasteiger partial charge on any atom is -0.495 e. The SMILES string of the molecule is COc1ccccc1S(=O)(=O)NCCC1CCNC1. The fourth-order valence-corrected chi connectivity index (χ4v) is 3.49. The van der Waals surface area contributed by atoms with Gasteiger partial charge in [-0.1, -0.05) is 12.1 Å². The molecule has 106 valence electrons. The summed E-state index contributed by atoms with van der Waals surface area (Å²) < 4.78 is 32.1. The summed E-state index contributed by atoms with van der Waals surface area (Å²) in [7, 11) is -2.02. The van der Waals surface area contributed by atoms with Crippen LogP contribution in [0.25, 0.3) is 0 Å². The summed E-state index contributed by atoms with van der Waals surface area (Å²) in [6.45, 7) is 2.48. The molecule has 2 rings (SSSR count). The maximum absolute atomic E-state index is 12.2. The van der Waals surface area contributed by atoms with Crippen molar-refractivity contribution in [2.45, 2.75) is 17.7 Å². The predicted molar refractivity (Wildman–Crippen MR) is 73.8 cm³/mol. The van der Waals surface area contributed by atoms with Crippen molar-refractivity contribution in [2.24, 2.45) is 5.92 Å². The van der Waals surface area contributed by atoms with Gasteiger partial charge in [0.05, 0.1) is 7.11 Å². The van der Waals surface area contributed by atoms with E-state index >= 15 is 0 Å². The van der Waals surface area contributed by atoms with Crippen LogP contribution in [0.4, 0.5) is 0 Å². The molecule has 1 fully saturated rings. The molecule has 0 spiro atoms. The van der Waals surface area contributed by atoms with Gasteiger partial charge in [0.15, 0.2) is 0 Å². The van der Waals surface area contributed by atoms with Gasteiger partial charge in [-0.25, -0.2) is 13.1 Å². The molecule has 0 bridgehead atoms. The zero-order valence-electron chi connectivity index (χ0n) is 11.1. The van der Waals surface area contributed by atoms with E-state index in [2.05, 4.69) is 10.0 Å². The molecule has 1 aromatic carbocycles. The molecule has 0 amide bonds. The second-order valence-electron chi connectivity index (χ2n) is 4.70. The van der Waals surface area contributed by atoms with Crippen LogP contribution in [0.2, 0.25) is 0 Å². The number of rotatable bonds is 6. The molecule has 0 aliphatic carbocycles. The fourth-order valence-electron chi connectivity index (χ4n) is 2.28. The highest BCUT2D eigenvalue weighted by atomic mass is 32.2. The van der Waals surface area contributed by atoms with Gasteiger partial charge in [0.1, 0.15) is 10.6 Å². The highest BCUT2D eigenvalue weighted by Gasteiger charge is 2.20. The maximum atomic E-state index is 12.2. The summed E-state index contributed by atoms with van der Waals surface area (Å²) in [4.78, 5) is 0.196. The van der Waals surface area contributed by atoms with Crippen LogP contribution in [0, 0.1) is 5.92 Å². The highest BCUT2D eigenvalue weighted by Crippen LogP contribution is 2.22. The second-order valence-corrected chi connectivity index (χ2v) is 6.43. The van der Waals surface area contributed by atoms with Crippen molar-refractivity contribution in [1.82, 2.24) is 10.0 Å². The zero-order chi connectivity index (χ0) is 13.7. The van der Waals surface area contributed by atoms with Crippen LogP contribution >= 0.6 is 0 Å². The van der Waals surface area contributed by atoms with E-state index < -0.39 is 10.0 Å². The Morgan fingerprint density at radius 3 is 2.89 bits per heavy atom. The Balaban J connectivity index is 1.97. The molecule has 1 saturated heterocycles. The predicted octanol–water partition coefficient (Wildman–Crippen LogP) is 0.973. The van der Waals surface area contributed by atoms with Gasteiger partial charge in [0.25, 0.3) is 0 Å². The minimum atomic E-state index is -3.49. The van der Waals surface area contributed by atoms with E-state index in [1.807, 2.05) is 0 Å². The summed E-state index contributed by atoms with van der Waals surface area (Å²) in [5, 5.41) is 3.27. The first kappa shape index (κ1) is 14.3. The van der Waals surface area contributed by atoms with Crippen LogP contribution in [0.15, 0.2) is 29.2 Å². The summed E-state index contributed by atoms with van der Waals surface area (Å²) in [6, 6.07) is 6.65. The summed E-state index contributed by atoms with van der Waals surface area (Å²) in [6.07, 6.45) is 1.98. The molecule has 5 nitrogen and oxygen atoms in total. The quantitative estimate of drug-likeness (QED) is 0.817. The van der Waals surface area contributed by atoms with E-state index in [-0.39, 0.29) is 4.90 Å². The average molecular weight is 284 g/mol. The third-order valence-electron chi connectivity index (χ3n) is 3.37. The number of sulfonamides is 1. The molecule has 1 atom stereocenters. The number of methoxy groups -OCH3 is 1. The molecule has 2 N–H and O–H groups in total. The lowest BCUT2D eigenvalue weighted by Gasteiger charge is -2.12. The van der Waals surface area contributed by atoms with Crippen molar-refractivity contribution in [3.63, 3.8) is 0 Å². The molecule has 1 unspecified atom stereocenters. The second kappa shape index (κ2) is 6.36. The molecule has 1 aliphatic heterocycles. The van der Waals surface area contributed by atoms with Crippen molar-refractivity contribution in [2.75, 3.05) is 26.7 Å². The number of nitrogens with one attached hydrogen (secondary N) is 2. The molecular weight excluding hydrogens is 264 g/mol. The topological polar surface area (TPSA) is 67.4 Å². The number of benzene rings is 1. The maximum Gasteiger partial charge on any atom is 0.244 e. The van der Waals surface area contributed by atoms with Crippen LogP contribution in [-0.4, -0.2) is 35.2 Å². The van der Waals surface area contributed by atoms with Gasteiger partial charge in [-0.3, -0.25) is 0 Å². The molecule has 19 heavy (non-hydrogen) atoms. The first-order valence-corrected chi connectivity index (χ1v) is 7.95. The molecule has 0 aromatic heterocycles. The van der Waals surface area contributed by atoms with Gasteiger partial charge in [-0.05, 0) is 44.0 Å². The summed E-state index contributed by atoms with van der Waals surface area (Å²) in [5.74, 6) is 0.943. The van der Waals surface area contributed by atoms with Crippen molar-refractivity contribution >= 4 is 10.0 Å². The summed E-state index contributed by atoms with van der Waals surface area (Å²) >= 11 is 0. The van der Waals surface area contributed by atoms with Gasteiger partial charge < -0.3 is 10.1 Å². The Morgan fingerprint density at radius 2 is 2.21 bits per heavy atom. The summed E-state index contributed by atoms with van der Waals surface area (Å²) in [5.41, 5.74) is 0. The third-order valence-corrected chi connectivity index (χ3v) is 4.87. The molecule has 0 radical (unpaired) electrons. The normalized spacial score (nSPS) is 19.5. The lowest BCUT2D eigenvalue weighted by atomic mass is 10.1. The lowest BCUT2D eigenvalue weighted by Crippen LogP contribution is -2.27. The van der Waals surface area contributed by atoms with Gasteiger partial charge in [0, 0.05) is 6.54 Å². The zero-order valence-corrected chi connectivity index (χ0v) is 11.9. The van der Waals surface area contributed by atoms with Crippen LogP contribution in [-0.2, 0) is 10.0 Å². The van der Waals surface area contributed by atoms with Crippen molar-refractivity contribution in [1.29, 1.82) is 0 Å². The lowest BCUT2D eigenvalue weighted by molar-refractivity contribution is 0.402. The Kier molecular flexibility index (Phi) is 4.79. The Morgan fingerprint density at radius 1 is 1.42 bits per heavy atom. The first-order valence-electron chi connectivity index (χ1n) is 6.47. The van der Waals surface area contributed by atoms with Crippen LogP contribution in [0.5, 0.6) is 5.75 Å². The monoisotopic (exact) mass is 284 g/mol. The number of para-hydroxylation sites is 1. The van der Waals surface area contributed by atoms with Gasteiger partial charge in [0.2, 0.25) is 10.0 Å². The van der Waals surface area contributed by atoms with E-state index in [4.69, 9.17) is 4.74 Å². The highest BCUT2D eigenvalue weighted by molar-refractivity contribution is 7.89. The Hall–Kier alpha value is -1.11. The Bertz CT molecular complexity index is 510. The van der Waals surface area contributed by atoms with Gasteiger partial charge >= 0.3 is 0 Å². The van der Waals surface area contributed by atoms with Gasteiger partial charge in [-0.2, -0.15) is 0 Å². The fraction of sp³-hybridized carbons (Fsp3) is 0.538. The standard InChI is InChI=1S/C13H20N2O3S/c1-18-12-4-2-3-5-13(12)19(16,17)15-9-7-11-6-8-14-10-11/h2-5,11,14-15H,6-10H2,1H3. The molecular formula is C13H20N2O3S.